The monoisotopic (exact) mass is 494 g/mol. The molecule has 0 aliphatic rings. The van der Waals surface area contributed by atoms with Crippen molar-refractivity contribution in [2.45, 2.75) is 58.3 Å². The number of hydrogen-bond donors (Lipinski definition) is 0. The van der Waals surface area contributed by atoms with Crippen molar-refractivity contribution in [3.63, 3.8) is 0 Å². The topological polar surface area (TPSA) is 29.5 Å². The molecule has 0 radical (unpaired) electrons. The van der Waals surface area contributed by atoms with Gasteiger partial charge in [-0.15, -0.1) is 0 Å². The van der Waals surface area contributed by atoms with E-state index in [-0.39, 0.29) is 6.04 Å². The lowest BCUT2D eigenvalue weighted by Gasteiger charge is -2.37. The zero-order valence-electron chi connectivity index (χ0n) is 20.2. The summed E-state index contributed by atoms with van der Waals surface area (Å²) in [5.74, 6) is -0.526. The highest BCUT2D eigenvalue weighted by atomic mass is 79.9. The summed E-state index contributed by atoms with van der Waals surface area (Å²) >= 11 is 3.67. The molecule has 0 fully saturated rings. The van der Waals surface area contributed by atoms with Crippen molar-refractivity contribution in [1.29, 1.82) is 0 Å². The van der Waals surface area contributed by atoms with E-state index in [4.69, 9.17) is 6.11 Å². The first-order valence-electron chi connectivity index (χ1n) is 11.5. The van der Waals surface area contributed by atoms with E-state index in [2.05, 4.69) is 52.0 Å². The molecule has 3 rings (SSSR count). The van der Waals surface area contributed by atoms with Gasteiger partial charge in [-0.25, -0.2) is 0 Å². The Hall–Kier alpha value is -2.43. The lowest BCUT2D eigenvalue weighted by Crippen LogP contribution is -2.34. The second-order valence-corrected chi connectivity index (χ2v) is 9.77. The standard InChI is InChI=1S/C28H32BrNO2/c1-21(23-15-9-6-10-16-23)30(20-22-13-7-5-8-14-22)26(19-27(31)32-28(2,3)4)24-17-11-12-18-25(24)29/h5-18,21,26H,19-20H2,1-4H3/t21-,26+/m0/s1/i19D/t19-,21-,26+. The molecule has 168 valence electrons. The largest absolute Gasteiger partial charge is 0.460 e. The summed E-state index contributed by atoms with van der Waals surface area (Å²) in [5.41, 5.74) is 2.47. The smallest absolute Gasteiger partial charge is 0.308 e. The molecule has 0 amide bonds. The summed E-state index contributed by atoms with van der Waals surface area (Å²) in [6, 6.07) is 27.7. The van der Waals surface area contributed by atoms with Gasteiger partial charge in [-0.05, 0) is 50.5 Å². The van der Waals surface area contributed by atoms with Crippen LogP contribution in [0.3, 0.4) is 0 Å². The maximum Gasteiger partial charge on any atom is 0.308 e. The maximum absolute atomic E-state index is 13.1. The number of benzene rings is 3. The molecule has 4 heteroatoms. The minimum atomic E-state index is -1.13. The van der Waals surface area contributed by atoms with Gasteiger partial charge in [0.2, 0.25) is 0 Å². The van der Waals surface area contributed by atoms with Crippen molar-refractivity contribution in [3.8, 4) is 0 Å². The van der Waals surface area contributed by atoms with Crippen molar-refractivity contribution in [1.82, 2.24) is 4.90 Å². The van der Waals surface area contributed by atoms with Crippen LogP contribution in [0.2, 0.25) is 0 Å². The molecule has 3 nitrogen and oxygen atoms in total. The van der Waals surface area contributed by atoms with E-state index in [1.807, 2.05) is 81.4 Å². The van der Waals surface area contributed by atoms with Gasteiger partial charge in [0, 0.05) is 24.5 Å². The second kappa shape index (κ2) is 10.9. The summed E-state index contributed by atoms with van der Waals surface area (Å²) in [6.45, 7) is 8.21. The average Bonchev–Trinajstić information content (AvgIpc) is 2.79. The molecule has 0 bridgehead atoms. The normalized spacial score (nSPS) is 15.0. The molecule has 0 saturated carbocycles. The first-order chi connectivity index (χ1) is 15.7. The van der Waals surface area contributed by atoms with Gasteiger partial charge in [0.05, 0.1) is 6.40 Å². The fourth-order valence-electron chi connectivity index (χ4n) is 3.74. The Kier molecular flexibility index (Phi) is 7.77. The average molecular weight is 495 g/mol. The number of carbonyl (C=O) groups is 1. The second-order valence-electron chi connectivity index (χ2n) is 8.91. The quantitative estimate of drug-likeness (QED) is 0.303. The third-order valence-corrected chi connectivity index (χ3v) is 5.99. The summed E-state index contributed by atoms with van der Waals surface area (Å²) in [5, 5.41) is 0. The van der Waals surface area contributed by atoms with Crippen LogP contribution in [0, 0.1) is 0 Å². The van der Waals surface area contributed by atoms with Crippen molar-refractivity contribution < 1.29 is 10.9 Å². The van der Waals surface area contributed by atoms with Gasteiger partial charge in [0.15, 0.2) is 0 Å². The molecule has 0 aromatic heterocycles. The maximum atomic E-state index is 13.1. The van der Waals surface area contributed by atoms with Gasteiger partial charge in [-0.2, -0.15) is 0 Å². The highest BCUT2D eigenvalue weighted by molar-refractivity contribution is 9.10. The minimum absolute atomic E-state index is 0.0428. The Labute approximate surface area is 202 Å². The van der Waals surface area contributed by atoms with Crippen molar-refractivity contribution in [2.24, 2.45) is 0 Å². The predicted molar refractivity (Wildman–Crippen MR) is 134 cm³/mol. The van der Waals surface area contributed by atoms with Crippen LogP contribution < -0.4 is 0 Å². The fraction of sp³-hybridized carbons (Fsp3) is 0.321. The fourth-order valence-corrected chi connectivity index (χ4v) is 4.26. The Bertz CT molecular complexity index is 1040. The third-order valence-electron chi connectivity index (χ3n) is 5.27. The summed E-state index contributed by atoms with van der Waals surface area (Å²) in [6.07, 6.45) is -1.13. The number of rotatable bonds is 8. The van der Waals surface area contributed by atoms with Gasteiger partial charge in [-0.1, -0.05) is 94.8 Å². The third kappa shape index (κ3) is 6.78. The van der Waals surface area contributed by atoms with Gasteiger partial charge >= 0.3 is 5.97 Å². The SMILES string of the molecule is [2H][C@H](C(=O)OC(C)(C)C)[C@H](c1ccccc1Br)N(Cc1ccccc1)[C@@H](C)c1ccccc1. The van der Waals surface area contributed by atoms with E-state index in [1.54, 1.807) is 0 Å². The molecule has 32 heavy (non-hydrogen) atoms. The van der Waals surface area contributed by atoms with Gasteiger partial charge < -0.3 is 4.74 Å². The molecule has 0 spiro atoms. The molecule has 0 unspecified atom stereocenters. The van der Waals surface area contributed by atoms with E-state index in [0.717, 1.165) is 21.2 Å². The Morgan fingerprint density at radius 2 is 1.53 bits per heavy atom. The highest BCUT2D eigenvalue weighted by Crippen LogP contribution is 2.38. The van der Waals surface area contributed by atoms with E-state index >= 15 is 0 Å². The Morgan fingerprint density at radius 1 is 0.969 bits per heavy atom. The molecular formula is C28H32BrNO2. The van der Waals surface area contributed by atoms with E-state index < -0.39 is 24.0 Å². The summed E-state index contributed by atoms with van der Waals surface area (Å²) in [7, 11) is 0. The van der Waals surface area contributed by atoms with E-state index in [9.17, 15) is 4.79 Å². The van der Waals surface area contributed by atoms with Crippen LogP contribution in [0.15, 0.2) is 89.4 Å². The summed E-state index contributed by atoms with van der Waals surface area (Å²) in [4.78, 5) is 15.4. The van der Waals surface area contributed by atoms with E-state index in [1.165, 1.54) is 0 Å². The van der Waals surface area contributed by atoms with Crippen LogP contribution in [0.5, 0.6) is 0 Å². The lowest BCUT2D eigenvalue weighted by molar-refractivity contribution is -0.156. The number of ether oxygens (including phenoxy) is 1. The molecule has 0 saturated heterocycles. The Balaban J connectivity index is 2.11. The van der Waals surface area contributed by atoms with Crippen molar-refractivity contribution >= 4 is 21.9 Å². The molecule has 3 aromatic carbocycles. The number of carbonyl (C=O) groups excluding carboxylic acids is 1. The van der Waals surface area contributed by atoms with Crippen molar-refractivity contribution in [2.75, 3.05) is 0 Å². The lowest BCUT2D eigenvalue weighted by atomic mass is 9.96. The molecular weight excluding hydrogens is 462 g/mol. The minimum Gasteiger partial charge on any atom is -0.460 e. The zero-order chi connectivity index (χ0) is 24.0. The van der Waals surface area contributed by atoms with Crippen LogP contribution in [0.1, 0.15) is 64.2 Å². The molecule has 3 atom stereocenters. The van der Waals surface area contributed by atoms with Gasteiger partial charge in [-0.3, -0.25) is 9.69 Å². The van der Waals surface area contributed by atoms with Crippen LogP contribution in [-0.2, 0) is 16.1 Å². The molecule has 0 aliphatic carbocycles. The van der Waals surface area contributed by atoms with Gasteiger partial charge in [0.25, 0.3) is 0 Å². The van der Waals surface area contributed by atoms with Crippen LogP contribution >= 0.6 is 15.9 Å². The first-order valence-corrected chi connectivity index (χ1v) is 11.7. The number of hydrogen-bond acceptors (Lipinski definition) is 3. The van der Waals surface area contributed by atoms with Crippen molar-refractivity contribution in [3.05, 3.63) is 106 Å². The summed E-state index contributed by atoms with van der Waals surface area (Å²) < 4.78 is 15.6. The molecule has 0 N–H and O–H groups in total. The number of esters is 1. The van der Waals surface area contributed by atoms with Gasteiger partial charge in [0.1, 0.15) is 5.60 Å². The molecule has 0 heterocycles. The molecule has 0 aliphatic heterocycles. The Morgan fingerprint density at radius 3 is 2.12 bits per heavy atom. The number of halogens is 1. The van der Waals surface area contributed by atoms with Crippen LogP contribution in [0.4, 0.5) is 0 Å². The predicted octanol–water partition coefficient (Wildman–Crippen LogP) is 7.49. The molecule has 3 aromatic rings. The van der Waals surface area contributed by atoms with E-state index in [0.29, 0.717) is 6.54 Å². The van der Waals surface area contributed by atoms with Crippen LogP contribution in [-0.4, -0.2) is 16.5 Å². The van der Waals surface area contributed by atoms with Crippen LogP contribution in [0.25, 0.3) is 0 Å². The number of nitrogens with zero attached hydrogens (tertiary/aromatic N) is 1. The zero-order valence-corrected chi connectivity index (χ0v) is 20.7. The highest BCUT2D eigenvalue weighted by Gasteiger charge is 2.31. The first kappa shape index (κ1) is 22.8.